The predicted molar refractivity (Wildman–Crippen MR) is 107 cm³/mol. The van der Waals surface area contributed by atoms with E-state index in [1.807, 2.05) is 25.8 Å². The van der Waals surface area contributed by atoms with Crippen molar-refractivity contribution < 1.29 is 14.0 Å². The summed E-state index contributed by atoms with van der Waals surface area (Å²) in [6, 6.07) is 13.4. The quantitative estimate of drug-likeness (QED) is 0.696. The molecule has 144 valence electrons. The smallest absolute Gasteiger partial charge is 0.251 e. The van der Waals surface area contributed by atoms with Gasteiger partial charge in [0.05, 0.1) is 5.69 Å². The molecule has 0 spiro atoms. The third kappa shape index (κ3) is 6.09. The first-order valence-corrected chi connectivity index (χ1v) is 9.03. The van der Waals surface area contributed by atoms with Gasteiger partial charge in [-0.3, -0.25) is 9.59 Å². The summed E-state index contributed by atoms with van der Waals surface area (Å²) in [6.45, 7) is 4.76. The van der Waals surface area contributed by atoms with Crippen LogP contribution in [0.5, 0.6) is 0 Å². The van der Waals surface area contributed by atoms with E-state index in [0.29, 0.717) is 36.4 Å². The number of carbonyl (C=O) groups excluding carboxylic acids is 2. The van der Waals surface area contributed by atoms with E-state index in [1.54, 1.807) is 42.5 Å². The van der Waals surface area contributed by atoms with Gasteiger partial charge in [-0.05, 0) is 42.8 Å². The third-order valence-corrected chi connectivity index (χ3v) is 4.16. The first-order chi connectivity index (χ1) is 12.9. The summed E-state index contributed by atoms with van der Waals surface area (Å²) in [4.78, 5) is 25.7. The molecule has 0 fully saturated rings. The van der Waals surface area contributed by atoms with E-state index < -0.39 is 0 Å². The van der Waals surface area contributed by atoms with Crippen molar-refractivity contribution in [1.29, 1.82) is 0 Å². The van der Waals surface area contributed by atoms with Gasteiger partial charge in [0.2, 0.25) is 5.91 Å². The highest BCUT2D eigenvalue weighted by Gasteiger charge is 2.09. The van der Waals surface area contributed by atoms with E-state index in [9.17, 15) is 14.0 Å². The van der Waals surface area contributed by atoms with Crippen LogP contribution in [0, 0.1) is 11.7 Å². The highest BCUT2D eigenvalue weighted by Crippen LogP contribution is 2.17. The second-order valence-electron chi connectivity index (χ2n) is 6.70. The average molecular weight is 371 g/mol. The second kappa shape index (κ2) is 9.71. The molecule has 6 heteroatoms. The standard InChI is InChI=1S/C21H26FN3O2/c1-15(2)20(26)24-17-11-9-16(10-12-17)21(27)23-13-6-14-25(3)19-8-5-4-7-18(19)22/h4-5,7-12,15H,6,13-14H2,1-3H3,(H,23,27)(H,24,26). The Morgan fingerprint density at radius 2 is 1.74 bits per heavy atom. The van der Waals surface area contributed by atoms with Gasteiger partial charge in [-0.15, -0.1) is 0 Å². The van der Waals surface area contributed by atoms with Crippen molar-refractivity contribution in [2.45, 2.75) is 20.3 Å². The van der Waals surface area contributed by atoms with Crippen molar-refractivity contribution in [2.24, 2.45) is 5.92 Å². The van der Waals surface area contributed by atoms with Crippen molar-refractivity contribution >= 4 is 23.2 Å². The lowest BCUT2D eigenvalue weighted by Gasteiger charge is -2.19. The molecule has 2 amide bonds. The van der Waals surface area contributed by atoms with Crippen LogP contribution in [-0.4, -0.2) is 32.0 Å². The Hall–Kier alpha value is -2.89. The Balaban J connectivity index is 1.77. The van der Waals surface area contributed by atoms with Crippen molar-refractivity contribution in [1.82, 2.24) is 5.32 Å². The van der Waals surface area contributed by atoms with Gasteiger partial charge < -0.3 is 15.5 Å². The van der Waals surface area contributed by atoms with E-state index in [1.165, 1.54) is 6.07 Å². The van der Waals surface area contributed by atoms with Crippen LogP contribution in [-0.2, 0) is 4.79 Å². The fraction of sp³-hybridized carbons (Fsp3) is 0.333. The minimum atomic E-state index is -0.256. The van der Waals surface area contributed by atoms with Crippen molar-refractivity contribution in [3.05, 3.63) is 59.9 Å². The number of halogens is 1. The number of anilines is 2. The van der Waals surface area contributed by atoms with E-state index in [-0.39, 0.29) is 23.5 Å². The third-order valence-electron chi connectivity index (χ3n) is 4.16. The van der Waals surface area contributed by atoms with Crippen molar-refractivity contribution in [3.8, 4) is 0 Å². The maximum Gasteiger partial charge on any atom is 0.251 e. The Morgan fingerprint density at radius 1 is 1.07 bits per heavy atom. The molecule has 0 unspecified atom stereocenters. The van der Waals surface area contributed by atoms with Crippen molar-refractivity contribution in [2.75, 3.05) is 30.4 Å². The van der Waals surface area contributed by atoms with Gasteiger partial charge in [-0.1, -0.05) is 26.0 Å². The van der Waals surface area contributed by atoms with Crippen LogP contribution < -0.4 is 15.5 Å². The summed E-state index contributed by atoms with van der Waals surface area (Å²) in [5, 5.41) is 5.64. The maximum absolute atomic E-state index is 13.7. The highest BCUT2D eigenvalue weighted by atomic mass is 19.1. The van der Waals surface area contributed by atoms with E-state index in [0.717, 1.165) is 0 Å². The first-order valence-electron chi connectivity index (χ1n) is 9.03. The number of para-hydroxylation sites is 1. The van der Waals surface area contributed by atoms with E-state index >= 15 is 0 Å². The molecule has 27 heavy (non-hydrogen) atoms. The molecule has 0 atom stereocenters. The molecule has 2 N–H and O–H groups in total. The minimum absolute atomic E-state index is 0.0637. The van der Waals surface area contributed by atoms with Crippen LogP contribution in [0.25, 0.3) is 0 Å². The zero-order chi connectivity index (χ0) is 19.8. The average Bonchev–Trinajstić information content (AvgIpc) is 2.65. The summed E-state index contributed by atoms with van der Waals surface area (Å²) in [7, 11) is 1.82. The van der Waals surface area contributed by atoms with Gasteiger partial charge in [0, 0.05) is 37.3 Å². The lowest BCUT2D eigenvalue weighted by molar-refractivity contribution is -0.118. The molecule has 0 saturated carbocycles. The second-order valence-corrected chi connectivity index (χ2v) is 6.70. The molecule has 0 aliphatic carbocycles. The van der Waals surface area contributed by atoms with Crippen LogP contribution in [0.3, 0.4) is 0 Å². The van der Waals surface area contributed by atoms with Crippen LogP contribution >= 0.6 is 0 Å². The van der Waals surface area contributed by atoms with Gasteiger partial charge in [-0.2, -0.15) is 0 Å². The Labute approximate surface area is 159 Å². The number of benzene rings is 2. The first kappa shape index (κ1) is 20.4. The number of rotatable bonds is 8. The molecule has 5 nitrogen and oxygen atoms in total. The summed E-state index contributed by atoms with van der Waals surface area (Å²) in [5.74, 6) is -0.597. The SMILES string of the molecule is CC(C)C(=O)Nc1ccc(C(=O)NCCCN(C)c2ccccc2F)cc1. The molecular formula is C21H26FN3O2. The van der Waals surface area contributed by atoms with Crippen LogP contribution in [0.4, 0.5) is 15.8 Å². The van der Waals surface area contributed by atoms with Crippen LogP contribution in [0.15, 0.2) is 48.5 Å². The van der Waals surface area contributed by atoms with Gasteiger partial charge in [0.25, 0.3) is 5.91 Å². The largest absolute Gasteiger partial charge is 0.372 e. The number of amides is 2. The molecule has 0 radical (unpaired) electrons. The fourth-order valence-electron chi connectivity index (χ4n) is 2.49. The monoisotopic (exact) mass is 371 g/mol. The summed E-state index contributed by atoms with van der Waals surface area (Å²) >= 11 is 0. The lowest BCUT2D eigenvalue weighted by atomic mass is 10.1. The summed E-state index contributed by atoms with van der Waals surface area (Å²) in [5.41, 5.74) is 1.74. The van der Waals surface area contributed by atoms with Gasteiger partial charge in [-0.25, -0.2) is 4.39 Å². The normalized spacial score (nSPS) is 10.6. The molecule has 0 bridgehead atoms. The molecule has 2 aromatic carbocycles. The fourth-order valence-corrected chi connectivity index (χ4v) is 2.49. The summed E-state index contributed by atoms with van der Waals surface area (Å²) < 4.78 is 13.7. The lowest BCUT2D eigenvalue weighted by Crippen LogP contribution is -2.28. The van der Waals surface area contributed by atoms with Gasteiger partial charge in [0.1, 0.15) is 5.82 Å². The topological polar surface area (TPSA) is 61.4 Å². The maximum atomic E-state index is 13.7. The Bertz CT molecular complexity index is 775. The number of hydrogen-bond acceptors (Lipinski definition) is 3. The minimum Gasteiger partial charge on any atom is -0.372 e. The molecule has 2 aromatic rings. The zero-order valence-corrected chi connectivity index (χ0v) is 16.0. The Kier molecular flexibility index (Phi) is 7.34. The van der Waals surface area contributed by atoms with Crippen LogP contribution in [0.2, 0.25) is 0 Å². The molecule has 0 saturated heterocycles. The Morgan fingerprint density at radius 3 is 2.37 bits per heavy atom. The van der Waals surface area contributed by atoms with Crippen molar-refractivity contribution in [3.63, 3.8) is 0 Å². The summed E-state index contributed by atoms with van der Waals surface area (Å²) in [6.07, 6.45) is 0.694. The molecule has 2 rings (SSSR count). The molecule has 0 heterocycles. The molecule has 0 aliphatic rings. The predicted octanol–water partition coefficient (Wildman–Crippen LogP) is 3.68. The number of nitrogens with zero attached hydrogens (tertiary/aromatic N) is 1. The van der Waals surface area contributed by atoms with E-state index in [2.05, 4.69) is 10.6 Å². The molecule has 0 aromatic heterocycles. The van der Waals surface area contributed by atoms with Gasteiger partial charge >= 0.3 is 0 Å². The molecule has 0 aliphatic heterocycles. The number of hydrogen-bond donors (Lipinski definition) is 2. The molecular weight excluding hydrogens is 345 g/mol. The van der Waals surface area contributed by atoms with Crippen LogP contribution in [0.1, 0.15) is 30.6 Å². The highest BCUT2D eigenvalue weighted by molar-refractivity contribution is 5.96. The number of nitrogens with one attached hydrogen (secondary N) is 2. The van der Waals surface area contributed by atoms with E-state index in [4.69, 9.17) is 0 Å². The zero-order valence-electron chi connectivity index (χ0n) is 16.0. The number of carbonyl (C=O) groups is 2. The van der Waals surface area contributed by atoms with Gasteiger partial charge in [0.15, 0.2) is 0 Å².